The van der Waals surface area contributed by atoms with E-state index in [0.717, 1.165) is 83.4 Å². The first-order valence-corrected chi connectivity index (χ1v) is 19.7. The number of benzene rings is 9. The van der Waals surface area contributed by atoms with E-state index in [-0.39, 0.29) is 0 Å². The summed E-state index contributed by atoms with van der Waals surface area (Å²) in [5.74, 6) is 0. The zero-order valence-electron chi connectivity index (χ0n) is 31.3. The van der Waals surface area contributed by atoms with Gasteiger partial charge in [0.2, 0.25) is 5.71 Å². The molecule has 0 saturated carbocycles. The molecule has 0 fully saturated rings. The van der Waals surface area contributed by atoms with E-state index >= 15 is 0 Å². The first-order valence-electron chi connectivity index (χ1n) is 19.7. The van der Waals surface area contributed by atoms with Crippen LogP contribution in [-0.2, 0) is 0 Å². The summed E-state index contributed by atoms with van der Waals surface area (Å²) >= 11 is 0. The molecule has 0 unspecified atom stereocenters. The van der Waals surface area contributed by atoms with Gasteiger partial charge in [-0.15, -0.1) is 0 Å². The van der Waals surface area contributed by atoms with Crippen LogP contribution in [0, 0.1) is 0 Å². The minimum Gasteiger partial charge on any atom is -0.456 e. The molecule has 3 heterocycles. The van der Waals surface area contributed by atoms with Crippen molar-refractivity contribution in [2.45, 2.75) is 0 Å². The first-order chi connectivity index (χ1) is 28.8. The highest BCUT2D eigenvalue weighted by atomic mass is 16.3. The van der Waals surface area contributed by atoms with Crippen molar-refractivity contribution in [3.8, 4) is 27.9 Å². The Hall–Kier alpha value is -7.82. The van der Waals surface area contributed by atoms with Crippen LogP contribution in [0.1, 0.15) is 0 Å². The molecule has 12 aromatic rings. The molecular formula is C54H34N2O2. The molecule has 9 aromatic carbocycles. The largest absolute Gasteiger partial charge is 0.456 e. The van der Waals surface area contributed by atoms with Gasteiger partial charge in [-0.2, -0.15) is 0 Å². The molecule has 0 radical (unpaired) electrons. The Morgan fingerprint density at radius 1 is 0.379 bits per heavy atom. The van der Waals surface area contributed by atoms with E-state index in [1.54, 1.807) is 0 Å². The Balaban J connectivity index is 0.987. The van der Waals surface area contributed by atoms with E-state index < -0.39 is 0 Å². The van der Waals surface area contributed by atoms with Crippen molar-refractivity contribution < 1.29 is 8.83 Å². The Morgan fingerprint density at radius 2 is 0.966 bits per heavy atom. The topological polar surface area (TPSA) is 34.5 Å². The van der Waals surface area contributed by atoms with Gasteiger partial charge in [0.1, 0.15) is 16.7 Å². The number of aromatic nitrogens is 1. The van der Waals surface area contributed by atoms with Gasteiger partial charge in [0.15, 0.2) is 0 Å². The molecule has 0 N–H and O–H groups in total. The minimum atomic E-state index is 0.852. The van der Waals surface area contributed by atoms with Gasteiger partial charge >= 0.3 is 0 Å². The maximum absolute atomic E-state index is 6.91. The van der Waals surface area contributed by atoms with Crippen LogP contribution in [0.5, 0.6) is 0 Å². The summed E-state index contributed by atoms with van der Waals surface area (Å²) < 4.78 is 15.5. The maximum atomic E-state index is 6.91. The van der Waals surface area contributed by atoms with Crippen molar-refractivity contribution in [1.29, 1.82) is 0 Å². The van der Waals surface area contributed by atoms with E-state index in [0.29, 0.717) is 0 Å². The smallest absolute Gasteiger partial charge is 0.213 e. The number of anilines is 3. The van der Waals surface area contributed by atoms with Crippen LogP contribution in [-0.4, -0.2) is 4.57 Å². The Labute approximate surface area is 334 Å². The summed E-state index contributed by atoms with van der Waals surface area (Å²) in [6, 6.07) is 73.1. The van der Waals surface area contributed by atoms with E-state index in [1.165, 1.54) is 27.3 Å². The van der Waals surface area contributed by atoms with Gasteiger partial charge in [0.05, 0.1) is 10.9 Å². The third kappa shape index (κ3) is 5.02. The fourth-order valence-corrected chi connectivity index (χ4v) is 8.93. The molecule has 0 aliphatic heterocycles. The van der Waals surface area contributed by atoms with Crippen molar-refractivity contribution in [3.63, 3.8) is 0 Å². The lowest BCUT2D eigenvalue weighted by atomic mass is 9.98. The molecular weight excluding hydrogens is 709 g/mol. The Kier molecular flexibility index (Phi) is 7.20. The van der Waals surface area contributed by atoms with Crippen molar-refractivity contribution in [2.75, 3.05) is 4.90 Å². The number of para-hydroxylation sites is 4. The monoisotopic (exact) mass is 742 g/mol. The highest BCUT2D eigenvalue weighted by Crippen LogP contribution is 2.44. The third-order valence-corrected chi connectivity index (χ3v) is 11.6. The van der Waals surface area contributed by atoms with Gasteiger partial charge in [-0.1, -0.05) is 140 Å². The van der Waals surface area contributed by atoms with Gasteiger partial charge in [-0.3, -0.25) is 4.57 Å². The van der Waals surface area contributed by atoms with Crippen molar-refractivity contribution in [2.24, 2.45) is 0 Å². The zero-order chi connectivity index (χ0) is 38.2. The van der Waals surface area contributed by atoms with Crippen LogP contribution >= 0.6 is 0 Å². The number of rotatable bonds is 6. The quantitative estimate of drug-likeness (QED) is 0.170. The first kappa shape index (κ1) is 32.4. The third-order valence-electron chi connectivity index (χ3n) is 11.6. The molecule has 0 aliphatic carbocycles. The summed E-state index contributed by atoms with van der Waals surface area (Å²) in [5.41, 5.74) is 13.3. The fraction of sp³-hybridized carbons (Fsp3) is 0. The van der Waals surface area contributed by atoms with Crippen LogP contribution in [0.2, 0.25) is 0 Å². The number of fused-ring (bicyclic) bond motifs is 9. The van der Waals surface area contributed by atoms with Gasteiger partial charge in [0.25, 0.3) is 0 Å². The molecule has 4 nitrogen and oxygen atoms in total. The predicted octanol–water partition coefficient (Wildman–Crippen LogP) is 15.4. The van der Waals surface area contributed by atoms with E-state index in [4.69, 9.17) is 8.83 Å². The molecule has 0 saturated heterocycles. The fourth-order valence-electron chi connectivity index (χ4n) is 8.93. The average Bonchev–Trinajstić information content (AvgIpc) is 3.96. The highest BCUT2D eigenvalue weighted by Gasteiger charge is 2.22. The number of furan rings is 2. The summed E-state index contributed by atoms with van der Waals surface area (Å²) in [4.78, 5) is 2.31. The second-order valence-corrected chi connectivity index (χ2v) is 14.9. The van der Waals surface area contributed by atoms with Gasteiger partial charge < -0.3 is 13.7 Å². The number of nitrogens with zero attached hydrogens (tertiary/aromatic N) is 2. The average molecular weight is 743 g/mol. The lowest BCUT2D eigenvalue weighted by molar-refractivity contribution is 0.646. The summed E-state index contributed by atoms with van der Waals surface area (Å²) in [5, 5.41) is 8.12. The number of hydrogen-bond acceptors (Lipinski definition) is 3. The maximum Gasteiger partial charge on any atom is 0.213 e. The normalized spacial score (nSPS) is 11.8. The van der Waals surface area contributed by atoms with Crippen molar-refractivity contribution in [3.05, 3.63) is 206 Å². The van der Waals surface area contributed by atoms with Crippen LogP contribution in [0.25, 0.3) is 93.6 Å². The van der Waals surface area contributed by atoms with E-state index in [2.05, 4.69) is 198 Å². The molecule has 4 heteroatoms. The Bertz CT molecular complexity index is 3490. The lowest BCUT2D eigenvalue weighted by Gasteiger charge is -2.26. The van der Waals surface area contributed by atoms with Crippen LogP contribution in [0.4, 0.5) is 17.1 Å². The molecule has 0 amide bonds. The van der Waals surface area contributed by atoms with Gasteiger partial charge in [-0.25, -0.2) is 0 Å². The molecule has 3 aromatic heterocycles. The highest BCUT2D eigenvalue weighted by molar-refractivity contribution is 6.21. The van der Waals surface area contributed by atoms with Gasteiger partial charge in [-0.05, 0) is 88.1 Å². The second-order valence-electron chi connectivity index (χ2n) is 14.9. The summed E-state index contributed by atoms with van der Waals surface area (Å²) in [6.45, 7) is 0. The van der Waals surface area contributed by atoms with Crippen LogP contribution < -0.4 is 4.90 Å². The predicted molar refractivity (Wildman–Crippen MR) is 241 cm³/mol. The second kappa shape index (κ2) is 12.9. The molecule has 0 aliphatic rings. The summed E-state index contributed by atoms with van der Waals surface area (Å²) in [7, 11) is 0. The summed E-state index contributed by atoms with van der Waals surface area (Å²) in [6.07, 6.45) is 0. The molecule has 0 bridgehead atoms. The number of hydrogen-bond donors (Lipinski definition) is 0. The zero-order valence-corrected chi connectivity index (χ0v) is 31.3. The molecule has 0 atom stereocenters. The molecule has 58 heavy (non-hydrogen) atoms. The van der Waals surface area contributed by atoms with Crippen molar-refractivity contribution >= 4 is 82.7 Å². The molecule has 272 valence electrons. The van der Waals surface area contributed by atoms with Crippen LogP contribution in [0.3, 0.4) is 0 Å². The van der Waals surface area contributed by atoms with E-state index in [1.807, 2.05) is 18.2 Å². The van der Waals surface area contributed by atoms with Gasteiger partial charge in [0, 0.05) is 55.9 Å². The Morgan fingerprint density at radius 3 is 1.78 bits per heavy atom. The van der Waals surface area contributed by atoms with Crippen LogP contribution in [0.15, 0.2) is 215 Å². The standard InChI is InChI=1S/C54H34N2O2/c1-2-14-38(15-3-1)56-49-22-8-6-18-47(49)52-48-21-11-20-44(53(48)58-54(52)56)37-26-30-40(31-27-37)55(41-32-33-46-45-17-7-9-23-50(45)57-51(46)34-41)39-28-24-36(25-29-39)43-19-10-13-35-12-4-5-16-42(35)43/h1-34H. The molecule has 12 rings (SSSR count). The SMILES string of the molecule is c1ccc(-n2c3ccccc3c3c4cccc(-c5ccc(N(c6ccc(-c7cccc8ccccc78)cc6)c6ccc7c(c6)oc6ccccc67)cc5)c4oc32)cc1. The minimum absolute atomic E-state index is 0.852. The van der Waals surface area contributed by atoms with Crippen molar-refractivity contribution in [1.82, 2.24) is 4.57 Å². The van der Waals surface area contributed by atoms with E-state index in [9.17, 15) is 0 Å². The lowest BCUT2D eigenvalue weighted by Crippen LogP contribution is -2.09. The molecule has 0 spiro atoms.